The van der Waals surface area contributed by atoms with Gasteiger partial charge in [-0.2, -0.15) is 0 Å². The summed E-state index contributed by atoms with van der Waals surface area (Å²) in [6.07, 6.45) is 0. The number of halogens is 2. The summed E-state index contributed by atoms with van der Waals surface area (Å²) in [5.74, 6) is 0.490. The van der Waals surface area contributed by atoms with Crippen LogP contribution in [0, 0.1) is 0 Å². The van der Waals surface area contributed by atoms with Crippen LogP contribution in [-0.2, 0) is 0 Å². The minimum Gasteiger partial charge on any atom is -0.314 e. The summed E-state index contributed by atoms with van der Waals surface area (Å²) in [6.45, 7) is 3.84. The Bertz CT molecular complexity index is 73.5. The van der Waals surface area contributed by atoms with Crippen molar-refractivity contribution in [3.63, 3.8) is 0 Å². The fourth-order valence-electron chi connectivity index (χ4n) is 0.773. The minimum atomic E-state index is -2.33. The lowest BCUT2D eigenvalue weighted by atomic mass is 10.9. The van der Waals surface area contributed by atoms with E-state index in [0.717, 1.165) is 12.1 Å². The Labute approximate surface area is 62.6 Å². The number of hydrogen-bond acceptors (Lipinski definition) is 0. The molecule has 0 aliphatic carbocycles. The molecule has 0 bridgehead atoms. The maximum atomic E-state index is 13.3. The van der Waals surface area contributed by atoms with Crippen molar-refractivity contribution in [1.29, 1.82) is 0 Å². The van der Waals surface area contributed by atoms with Crippen molar-refractivity contribution >= 4 is 20.0 Å². The summed E-state index contributed by atoms with van der Waals surface area (Å²) in [4.78, 5) is 0. The van der Waals surface area contributed by atoms with Crippen LogP contribution in [-0.4, -0.2) is 14.3 Å². The lowest BCUT2D eigenvalue weighted by Gasteiger charge is -2.16. The Hall–Kier alpha value is 0.437. The Morgan fingerprint density at radius 2 is 1.78 bits per heavy atom. The van der Waals surface area contributed by atoms with E-state index in [0.29, 0.717) is 11.9 Å². The zero-order valence-corrected chi connectivity index (χ0v) is 7.84. The molecule has 0 amide bonds. The topological polar surface area (TPSA) is 0 Å². The second-order valence-corrected chi connectivity index (χ2v) is 6.89. The molecule has 0 rings (SSSR count). The fourth-order valence-corrected chi connectivity index (χ4v) is 3.33. The Morgan fingerprint density at radius 1 is 1.33 bits per heavy atom. The van der Waals surface area contributed by atoms with Crippen LogP contribution in [0.5, 0.6) is 0 Å². The molecular weight excluding hydrogens is 155 g/mol. The molecule has 0 saturated carbocycles. The molecule has 9 heavy (non-hydrogen) atoms. The normalized spacial score (nSPS) is 12.0. The van der Waals surface area contributed by atoms with Gasteiger partial charge in [-0.25, -0.2) is 0 Å². The van der Waals surface area contributed by atoms with Gasteiger partial charge < -0.3 is 4.11 Å². The molecule has 0 aromatic rings. The molecule has 0 nitrogen and oxygen atoms in total. The SMILES string of the molecule is CC[Si](F)(CC)CCCl. The van der Waals surface area contributed by atoms with E-state index in [9.17, 15) is 4.11 Å². The summed E-state index contributed by atoms with van der Waals surface area (Å²) >= 11 is 5.44. The highest BCUT2D eigenvalue weighted by Crippen LogP contribution is 2.21. The van der Waals surface area contributed by atoms with Crippen molar-refractivity contribution in [2.45, 2.75) is 32.0 Å². The van der Waals surface area contributed by atoms with E-state index in [2.05, 4.69) is 0 Å². The molecule has 0 aromatic heterocycles. The lowest BCUT2D eigenvalue weighted by Crippen LogP contribution is -2.26. The highest BCUT2D eigenvalue weighted by Gasteiger charge is 2.28. The van der Waals surface area contributed by atoms with E-state index in [1.54, 1.807) is 0 Å². The van der Waals surface area contributed by atoms with Crippen LogP contribution < -0.4 is 0 Å². The third kappa shape index (κ3) is 3.21. The molecule has 0 atom stereocenters. The largest absolute Gasteiger partial charge is 0.314 e. The van der Waals surface area contributed by atoms with Crippen LogP contribution in [0.2, 0.25) is 18.1 Å². The Kier molecular flexibility index (Phi) is 4.49. The molecule has 0 heterocycles. The van der Waals surface area contributed by atoms with Crippen LogP contribution in [0.1, 0.15) is 13.8 Å². The van der Waals surface area contributed by atoms with Gasteiger partial charge in [0.05, 0.1) is 0 Å². The smallest absolute Gasteiger partial charge is 0.247 e. The Balaban J connectivity index is 3.62. The van der Waals surface area contributed by atoms with Gasteiger partial charge in [0.1, 0.15) is 0 Å². The van der Waals surface area contributed by atoms with Crippen LogP contribution in [0.3, 0.4) is 0 Å². The highest BCUT2D eigenvalue weighted by molar-refractivity contribution is 6.73. The molecular formula is C6H14ClFSi. The minimum absolute atomic E-state index is 0.490. The molecule has 0 aliphatic rings. The van der Waals surface area contributed by atoms with Gasteiger partial charge in [0.25, 0.3) is 0 Å². The van der Waals surface area contributed by atoms with Gasteiger partial charge in [0.2, 0.25) is 8.41 Å². The van der Waals surface area contributed by atoms with Crippen molar-refractivity contribution < 1.29 is 4.11 Å². The van der Waals surface area contributed by atoms with E-state index in [4.69, 9.17) is 11.6 Å². The molecule has 0 saturated heterocycles. The van der Waals surface area contributed by atoms with Gasteiger partial charge in [-0.05, 0) is 18.1 Å². The summed E-state index contributed by atoms with van der Waals surface area (Å²) in [5.41, 5.74) is 0. The van der Waals surface area contributed by atoms with Crippen molar-refractivity contribution in [3.8, 4) is 0 Å². The zero-order valence-electron chi connectivity index (χ0n) is 6.08. The average molecular weight is 169 g/mol. The third-order valence-electron chi connectivity index (χ3n) is 1.81. The average Bonchev–Trinajstić information content (AvgIpc) is 1.89. The molecule has 0 N–H and O–H groups in total. The van der Waals surface area contributed by atoms with E-state index in [-0.39, 0.29) is 0 Å². The fraction of sp³-hybridized carbons (Fsp3) is 1.00. The predicted molar refractivity (Wildman–Crippen MR) is 43.4 cm³/mol. The molecule has 0 aliphatic heterocycles. The maximum absolute atomic E-state index is 13.3. The van der Waals surface area contributed by atoms with Crippen LogP contribution in [0.25, 0.3) is 0 Å². The molecule has 0 aromatic carbocycles. The van der Waals surface area contributed by atoms with E-state index in [1.807, 2.05) is 13.8 Å². The van der Waals surface area contributed by atoms with Gasteiger partial charge in [0, 0.05) is 5.88 Å². The van der Waals surface area contributed by atoms with Crippen molar-refractivity contribution in [2.75, 3.05) is 5.88 Å². The van der Waals surface area contributed by atoms with E-state index < -0.39 is 8.41 Å². The molecule has 3 heteroatoms. The van der Waals surface area contributed by atoms with Gasteiger partial charge in [-0.1, -0.05) is 13.8 Å². The highest BCUT2D eigenvalue weighted by atomic mass is 35.5. The second kappa shape index (κ2) is 4.28. The summed E-state index contributed by atoms with van der Waals surface area (Å²) in [5, 5.41) is 0. The number of hydrogen-bond donors (Lipinski definition) is 0. The van der Waals surface area contributed by atoms with Gasteiger partial charge in [-0.3, -0.25) is 0 Å². The molecule has 0 spiro atoms. The first-order valence-electron chi connectivity index (χ1n) is 3.43. The van der Waals surface area contributed by atoms with Gasteiger partial charge in [-0.15, -0.1) is 11.6 Å². The quantitative estimate of drug-likeness (QED) is 0.344. The first kappa shape index (κ1) is 9.44. The zero-order chi connectivity index (χ0) is 7.33. The van der Waals surface area contributed by atoms with E-state index >= 15 is 0 Å². The van der Waals surface area contributed by atoms with E-state index in [1.165, 1.54) is 0 Å². The van der Waals surface area contributed by atoms with Gasteiger partial charge in [0.15, 0.2) is 0 Å². The standard InChI is InChI=1S/C6H14ClFSi/c1-3-9(8,4-2)6-5-7/h3-6H2,1-2H3. The van der Waals surface area contributed by atoms with Gasteiger partial charge >= 0.3 is 0 Å². The summed E-state index contributed by atoms with van der Waals surface area (Å²) in [7, 11) is -2.33. The van der Waals surface area contributed by atoms with Crippen LogP contribution in [0.4, 0.5) is 4.11 Å². The first-order chi connectivity index (χ1) is 4.18. The van der Waals surface area contributed by atoms with Crippen molar-refractivity contribution in [2.24, 2.45) is 0 Å². The monoisotopic (exact) mass is 168 g/mol. The van der Waals surface area contributed by atoms with Crippen molar-refractivity contribution in [3.05, 3.63) is 0 Å². The lowest BCUT2D eigenvalue weighted by molar-refractivity contribution is 0.754. The summed E-state index contributed by atoms with van der Waals surface area (Å²) in [6, 6.07) is 2.06. The molecule has 56 valence electrons. The molecule has 0 fully saturated rings. The number of alkyl halides is 1. The summed E-state index contributed by atoms with van der Waals surface area (Å²) < 4.78 is 13.3. The third-order valence-corrected chi connectivity index (χ3v) is 6.00. The predicted octanol–water partition coefficient (Wildman–Crippen LogP) is 3.18. The molecule has 0 radical (unpaired) electrons. The van der Waals surface area contributed by atoms with Crippen molar-refractivity contribution in [1.82, 2.24) is 0 Å². The van der Waals surface area contributed by atoms with Crippen LogP contribution in [0.15, 0.2) is 0 Å². The Morgan fingerprint density at radius 3 is 1.89 bits per heavy atom. The first-order valence-corrected chi connectivity index (χ1v) is 6.46. The second-order valence-electron chi connectivity index (χ2n) is 2.30. The van der Waals surface area contributed by atoms with Crippen LogP contribution >= 0.6 is 11.6 Å². The number of rotatable bonds is 4. The molecule has 0 unspecified atom stereocenters. The maximum Gasteiger partial charge on any atom is 0.247 e.